The molecule has 0 aromatic heterocycles. The summed E-state index contributed by atoms with van der Waals surface area (Å²) in [4.78, 5) is 11.8. The Balaban J connectivity index is 0.00000220. The van der Waals surface area contributed by atoms with Gasteiger partial charge >= 0.3 is 0 Å². The Labute approximate surface area is 133 Å². The van der Waals surface area contributed by atoms with Crippen LogP contribution in [0, 0.1) is 5.41 Å². The van der Waals surface area contributed by atoms with Gasteiger partial charge in [-0.25, -0.2) is 0 Å². The second kappa shape index (κ2) is 8.25. The zero-order valence-electron chi connectivity index (χ0n) is 12.7. The van der Waals surface area contributed by atoms with Crippen molar-refractivity contribution in [3.8, 4) is 5.75 Å². The number of para-hydroxylation sites is 1. The van der Waals surface area contributed by atoms with E-state index in [0.717, 1.165) is 12.3 Å². The first-order valence-electron chi connectivity index (χ1n) is 7.26. The molecule has 0 saturated carbocycles. The minimum atomic E-state index is -0.0722. The van der Waals surface area contributed by atoms with Crippen molar-refractivity contribution in [3.63, 3.8) is 0 Å². The molecule has 118 valence electrons. The number of nitrogens with one attached hydrogen (secondary N) is 2. The van der Waals surface area contributed by atoms with Crippen LogP contribution >= 0.6 is 12.4 Å². The van der Waals surface area contributed by atoms with Gasteiger partial charge in [-0.3, -0.25) is 4.79 Å². The minimum Gasteiger partial charge on any atom is -0.484 e. The highest BCUT2D eigenvalue weighted by molar-refractivity contribution is 5.85. The molecule has 0 radical (unpaired) electrons. The summed E-state index contributed by atoms with van der Waals surface area (Å²) in [6.07, 6.45) is 2.40. The highest BCUT2D eigenvalue weighted by Gasteiger charge is 2.31. The molecule has 2 rings (SSSR count). The molecule has 1 fully saturated rings. The molecule has 1 aliphatic heterocycles. The summed E-state index contributed by atoms with van der Waals surface area (Å²) in [6.45, 7) is 6.25. The molecule has 1 aromatic rings. The number of amides is 1. The zero-order chi connectivity index (χ0) is 14.4. The lowest BCUT2D eigenvalue weighted by Gasteiger charge is -2.39. The van der Waals surface area contributed by atoms with Crippen molar-refractivity contribution >= 4 is 18.3 Å². The first kappa shape index (κ1) is 17.8. The highest BCUT2D eigenvalue weighted by Crippen LogP contribution is 2.29. The second-order valence-electron chi connectivity index (χ2n) is 6.00. The third-order valence-corrected chi connectivity index (χ3v) is 3.95. The molecule has 0 aliphatic carbocycles. The molecule has 21 heavy (non-hydrogen) atoms. The third-order valence-electron chi connectivity index (χ3n) is 3.95. The fourth-order valence-electron chi connectivity index (χ4n) is 2.55. The SMILES string of the molecule is CC1(C)CCCNC1CNC(=O)COc1ccccc1.Cl. The van der Waals surface area contributed by atoms with Gasteiger partial charge in [-0.1, -0.05) is 32.0 Å². The molecular weight excluding hydrogens is 288 g/mol. The molecular formula is C16H25ClN2O2. The normalized spacial score (nSPS) is 20.2. The fraction of sp³-hybridized carbons (Fsp3) is 0.562. The van der Waals surface area contributed by atoms with Crippen LogP contribution < -0.4 is 15.4 Å². The number of piperidine rings is 1. The molecule has 1 aromatic carbocycles. The van der Waals surface area contributed by atoms with E-state index in [2.05, 4.69) is 24.5 Å². The number of benzene rings is 1. The van der Waals surface area contributed by atoms with Crippen LogP contribution in [0.5, 0.6) is 5.75 Å². The number of carbonyl (C=O) groups is 1. The van der Waals surface area contributed by atoms with Gasteiger partial charge in [0.15, 0.2) is 6.61 Å². The number of halogens is 1. The van der Waals surface area contributed by atoms with Crippen molar-refractivity contribution in [3.05, 3.63) is 30.3 Å². The Hall–Kier alpha value is -1.26. The van der Waals surface area contributed by atoms with E-state index in [9.17, 15) is 4.79 Å². The van der Waals surface area contributed by atoms with E-state index in [1.807, 2.05) is 30.3 Å². The molecule has 5 heteroatoms. The average Bonchev–Trinajstić information content (AvgIpc) is 2.44. The molecule has 1 atom stereocenters. The van der Waals surface area contributed by atoms with E-state index in [-0.39, 0.29) is 30.3 Å². The van der Waals surface area contributed by atoms with E-state index in [1.165, 1.54) is 12.8 Å². The predicted molar refractivity (Wildman–Crippen MR) is 87.0 cm³/mol. The van der Waals surface area contributed by atoms with Crippen LogP contribution in [0.15, 0.2) is 30.3 Å². The van der Waals surface area contributed by atoms with Gasteiger partial charge in [-0.05, 0) is 36.9 Å². The lowest BCUT2D eigenvalue weighted by Crippen LogP contribution is -2.53. The maximum atomic E-state index is 11.8. The summed E-state index contributed by atoms with van der Waals surface area (Å²) in [6, 6.07) is 9.72. The van der Waals surface area contributed by atoms with Crippen LogP contribution in [0.2, 0.25) is 0 Å². The maximum Gasteiger partial charge on any atom is 0.257 e. The first-order valence-corrected chi connectivity index (χ1v) is 7.26. The van der Waals surface area contributed by atoms with Crippen molar-refractivity contribution in [1.82, 2.24) is 10.6 Å². The Bertz CT molecular complexity index is 437. The maximum absolute atomic E-state index is 11.8. The van der Waals surface area contributed by atoms with Crippen molar-refractivity contribution in [2.24, 2.45) is 5.41 Å². The fourth-order valence-corrected chi connectivity index (χ4v) is 2.55. The predicted octanol–water partition coefficient (Wildman–Crippen LogP) is 2.38. The molecule has 2 N–H and O–H groups in total. The first-order chi connectivity index (χ1) is 9.58. The van der Waals surface area contributed by atoms with Crippen LogP contribution in [0.3, 0.4) is 0 Å². The molecule has 1 amide bonds. The zero-order valence-corrected chi connectivity index (χ0v) is 13.5. The average molecular weight is 313 g/mol. The molecule has 0 bridgehead atoms. The topological polar surface area (TPSA) is 50.4 Å². The van der Waals surface area contributed by atoms with Gasteiger partial charge in [-0.15, -0.1) is 12.4 Å². The van der Waals surface area contributed by atoms with Gasteiger partial charge in [0, 0.05) is 12.6 Å². The van der Waals surface area contributed by atoms with Gasteiger partial charge in [0.25, 0.3) is 5.91 Å². The van der Waals surface area contributed by atoms with Crippen molar-refractivity contribution < 1.29 is 9.53 Å². The molecule has 1 aliphatic rings. The van der Waals surface area contributed by atoms with Crippen LogP contribution in [0.25, 0.3) is 0 Å². The van der Waals surface area contributed by atoms with Crippen molar-refractivity contribution in [2.75, 3.05) is 19.7 Å². The quantitative estimate of drug-likeness (QED) is 0.877. The van der Waals surface area contributed by atoms with E-state index < -0.39 is 0 Å². The Morgan fingerprint density at radius 3 is 2.76 bits per heavy atom. The minimum absolute atomic E-state index is 0. The van der Waals surface area contributed by atoms with Crippen LogP contribution in [-0.4, -0.2) is 31.6 Å². The number of ether oxygens (including phenoxy) is 1. The third kappa shape index (κ3) is 5.56. The molecule has 1 unspecified atom stereocenters. The summed E-state index contributed by atoms with van der Waals surface area (Å²) >= 11 is 0. The lowest BCUT2D eigenvalue weighted by atomic mass is 9.77. The van der Waals surface area contributed by atoms with Crippen LogP contribution in [0.1, 0.15) is 26.7 Å². The van der Waals surface area contributed by atoms with Gasteiger partial charge in [0.05, 0.1) is 0 Å². The van der Waals surface area contributed by atoms with E-state index in [0.29, 0.717) is 12.6 Å². The Kier molecular flexibility index (Phi) is 6.99. The number of hydrogen-bond acceptors (Lipinski definition) is 3. The monoisotopic (exact) mass is 312 g/mol. The van der Waals surface area contributed by atoms with Crippen LogP contribution in [0.4, 0.5) is 0 Å². The van der Waals surface area contributed by atoms with Gasteiger partial charge in [0.2, 0.25) is 0 Å². The van der Waals surface area contributed by atoms with Crippen molar-refractivity contribution in [1.29, 1.82) is 0 Å². The Morgan fingerprint density at radius 1 is 1.38 bits per heavy atom. The second-order valence-corrected chi connectivity index (χ2v) is 6.00. The van der Waals surface area contributed by atoms with Gasteiger partial charge < -0.3 is 15.4 Å². The summed E-state index contributed by atoms with van der Waals surface area (Å²) in [5.74, 6) is 0.649. The molecule has 0 spiro atoms. The molecule has 1 saturated heterocycles. The highest BCUT2D eigenvalue weighted by atomic mass is 35.5. The van der Waals surface area contributed by atoms with Crippen molar-refractivity contribution in [2.45, 2.75) is 32.7 Å². The summed E-state index contributed by atoms with van der Waals surface area (Å²) in [5.41, 5.74) is 0.228. The van der Waals surface area contributed by atoms with E-state index >= 15 is 0 Å². The number of hydrogen-bond donors (Lipinski definition) is 2. The summed E-state index contributed by atoms with van der Waals surface area (Å²) in [7, 11) is 0. The summed E-state index contributed by atoms with van der Waals surface area (Å²) < 4.78 is 5.43. The Morgan fingerprint density at radius 2 is 2.10 bits per heavy atom. The van der Waals surface area contributed by atoms with E-state index in [4.69, 9.17) is 4.74 Å². The smallest absolute Gasteiger partial charge is 0.257 e. The number of rotatable bonds is 5. The van der Waals surface area contributed by atoms with Crippen LogP contribution in [-0.2, 0) is 4.79 Å². The number of carbonyl (C=O) groups excluding carboxylic acids is 1. The van der Waals surface area contributed by atoms with Gasteiger partial charge in [-0.2, -0.15) is 0 Å². The van der Waals surface area contributed by atoms with Gasteiger partial charge in [0.1, 0.15) is 5.75 Å². The lowest BCUT2D eigenvalue weighted by molar-refractivity contribution is -0.123. The molecule has 4 nitrogen and oxygen atoms in total. The summed E-state index contributed by atoms with van der Waals surface area (Å²) in [5, 5.41) is 6.43. The standard InChI is InChI=1S/C16H24N2O2.ClH/c1-16(2)9-6-10-17-14(16)11-18-15(19)12-20-13-7-4-3-5-8-13;/h3-5,7-8,14,17H,6,9-12H2,1-2H3,(H,18,19);1H. The van der Waals surface area contributed by atoms with E-state index in [1.54, 1.807) is 0 Å². The largest absolute Gasteiger partial charge is 0.484 e. The molecule has 1 heterocycles.